The van der Waals surface area contributed by atoms with Crippen molar-refractivity contribution in [2.24, 2.45) is 0 Å². The minimum Gasteiger partial charge on any atom is -0.478 e. The molecule has 0 aliphatic carbocycles. The highest BCUT2D eigenvalue weighted by atomic mass is 16.4. The van der Waals surface area contributed by atoms with Crippen molar-refractivity contribution in [1.82, 2.24) is 0 Å². The molecule has 0 aliphatic heterocycles. The van der Waals surface area contributed by atoms with Gasteiger partial charge in [-0.15, -0.1) is 0 Å². The van der Waals surface area contributed by atoms with Gasteiger partial charge in [0.1, 0.15) is 0 Å². The molecular weight excluding hydrogens is 268 g/mol. The molecule has 2 aromatic rings. The van der Waals surface area contributed by atoms with E-state index in [-0.39, 0.29) is 11.5 Å². The number of carboxylic acid groups (broad SMARTS) is 1. The Morgan fingerprint density at radius 1 is 1.10 bits per heavy atom. The van der Waals surface area contributed by atoms with E-state index in [1.807, 2.05) is 13.0 Å². The van der Waals surface area contributed by atoms with Crippen LogP contribution in [-0.4, -0.2) is 17.0 Å². The molecule has 108 valence electrons. The van der Waals surface area contributed by atoms with Gasteiger partial charge >= 0.3 is 5.97 Å². The zero-order valence-electron chi connectivity index (χ0n) is 11.8. The second-order valence-corrected chi connectivity index (χ2v) is 4.83. The van der Waals surface area contributed by atoms with E-state index in [0.29, 0.717) is 22.5 Å². The number of nitrogens with two attached hydrogens (primary N) is 1. The first kappa shape index (κ1) is 14.6. The zero-order valence-corrected chi connectivity index (χ0v) is 11.8. The standard InChI is InChI=1S/C16H16N2O3/c1-9-6-7-13(17)12(8-9)15(19)18-14-5-3-4-11(10(14)2)16(20)21/h3-8H,17H2,1-2H3,(H,18,19)(H,20,21). The van der Waals surface area contributed by atoms with Gasteiger partial charge in [-0.3, -0.25) is 4.79 Å². The van der Waals surface area contributed by atoms with Crippen LogP contribution in [0.4, 0.5) is 11.4 Å². The number of carbonyl (C=O) groups is 2. The van der Waals surface area contributed by atoms with Gasteiger partial charge in [-0.25, -0.2) is 4.79 Å². The number of aryl methyl sites for hydroxylation is 1. The highest BCUT2D eigenvalue weighted by Crippen LogP contribution is 2.21. The highest BCUT2D eigenvalue weighted by molar-refractivity contribution is 6.08. The molecule has 0 fully saturated rings. The van der Waals surface area contributed by atoms with E-state index >= 15 is 0 Å². The van der Waals surface area contributed by atoms with E-state index in [1.54, 1.807) is 31.2 Å². The van der Waals surface area contributed by atoms with Crippen LogP contribution in [-0.2, 0) is 0 Å². The predicted molar refractivity (Wildman–Crippen MR) is 81.7 cm³/mol. The quantitative estimate of drug-likeness (QED) is 0.756. The predicted octanol–water partition coefficient (Wildman–Crippen LogP) is 2.84. The Hall–Kier alpha value is -2.82. The summed E-state index contributed by atoms with van der Waals surface area (Å²) in [4.78, 5) is 23.4. The maximum Gasteiger partial charge on any atom is 0.336 e. The largest absolute Gasteiger partial charge is 0.478 e. The van der Waals surface area contributed by atoms with Crippen LogP contribution in [0.5, 0.6) is 0 Å². The number of nitrogen functional groups attached to an aromatic ring is 1. The summed E-state index contributed by atoms with van der Waals surface area (Å²) in [5.41, 5.74) is 8.60. The molecule has 0 bridgehead atoms. The number of anilines is 2. The molecule has 0 saturated carbocycles. The third-order valence-corrected chi connectivity index (χ3v) is 3.27. The van der Waals surface area contributed by atoms with E-state index in [4.69, 9.17) is 10.8 Å². The number of hydrogen-bond donors (Lipinski definition) is 3. The number of hydrogen-bond acceptors (Lipinski definition) is 3. The fourth-order valence-electron chi connectivity index (χ4n) is 2.06. The summed E-state index contributed by atoms with van der Waals surface area (Å²) >= 11 is 0. The van der Waals surface area contributed by atoms with Crippen molar-refractivity contribution >= 4 is 23.3 Å². The molecule has 2 aromatic carbocycles. The van der Waals surface area contributed by atoms with Crippen molar-refractivity contribution in [1.29, 1.82) is 0 Å². The van der Waals surface area contributed by atoms with Gasteiger partial charge in [0, 0.05) is 11.4 Å². The minimum atomic E-state index is -1.03. The van der Waals surface area contributed by atoms with Gasteiger partial charge in [0.2, 0.25) is 0 Å². The number of nitrogens with one attached hydrogen (secondary N) is 1. The number of carboxylic acids is 1. The molecule has 0 aliphatic rings. The summed E-state index contributed by atoms with van der Waals surface area (Å²) in [6, 6.07) is 9.93. The van der Waals surface area contributed by atoms with Crippen LogP contribution in [0.2, 0.25) is 0 Å². The third kappa shape index (κ3) is 3.02. The minimum absolute atomic E-state index is 0.157. The molecule has 0 heterocycles. The Balaban J connectivity index is 2.34. The Morgan fingerprint density at radius 2 is 1.81 bits per heavy atom. The second-order valence-electron chi connectivity index (χ2n) is 4.83. The van der Waals surface area contributed by atoms with Gasteiger partial charge in [-0.1, -0.05) is 17.7 Å². The summed E-state index contributed by atoms with van der Waals surface area (Å²) in [5, 5.41) is 11.8. The van der Waals surface area contributed by atoms with E-state index in [9.17, 15) is 9.59 Å². The van der Waals surface area contributed by atoms with E-state index in [2.05, 4.69) is 5.32 Å². The molecule has 0 radical (unpaired) electrons. The number of benzene rings is 2. The van der Waals surface area contributed by atoms with Gasteiger partial charge in [0.05, 0.1) is 11.1 Å². The van der Waals surface area contributed by atoms with Crippen LogP contribution in [0.15, 0.2) is 36.4 Å². The SMILES string of the molecule is Cc1ccc(N)c(C(=O)Nc2cccc(C(=O)O)c2C)c1. The Labute approximate surface area is 122 Å². The molecule has 21 heavy (non-hydrogen) atoms. The molecule has 0 atom stereocenters. The van der Waals surface area contributed by atoms with Crippen molar-refractivity contribution in [2.75, 3.05) is 11.1 Å². The first-order valence-electron chi connectivity index (χ1n) is 6.40. The molecule has 0 unspecified atom stereocenters. The lowest BCUT2D eigenvalue weighted by Gasteiger charge is -2.12. The average Bonchev–Trinajstić information content (AvgIpc) is 2.43. The molecule has 5 heteroatoms. The van der Waals surface area contributed by atoms with Crippen molar-refractivity contribution < 1.29 is 14.7 Å². The van der Waals surface area contributed by atoms with Gasteiger partial charge in [0.15, 0.2) is 0 Å². The highest BCUT2D eigenvalue weighted by Gasteiger charge is 2.14. The van der Waals surface area contributed by atoms with E-state index < -0.39 is 5.97 Å². The van der Waals surface area contributed by atoms with Crippen LogP contribution >= 0.6 is 0 Å². The molecular formula is C16H16N2O3. The molecule has 1 amide bonds. The Bertz CT molecular complexity index is 723. The van der Waals surface area contributed by atoms with Crippen molar-refractivity contribution in [3.05, 3.63) is 58.7 Å². The second kappa shape index (κ2) is 5.66. The van der Waals surface area contributed by atoms with Crippen LogP contribution in [0.1, 0.15) is 31.8 Å². The van der Waals surface area contributed by atoms with E-state index in [0.717, 1.165) is 5.56 Å². The van der Waals surface area contributed by atoms with Crippen molar-refractivity contribution in [3.63, 3.8) is 0 Å². The van der Waals surface area contributed by atoms with Gasteiger partial charge < -0.3 is 16.2 Å². The summed E-state index contributed by atoms with van der Waals surface area (Å²) in [7, 11) is 0. The van der Waals surface area contributed by atoms with Gasteiger partial charge in [0.25, 0.3) is 5.91 Å². The first-order chi connectivity index (χ1) is 9.90. The van der Waals surface area contributed by atoms with Crippen molar-refractivity contribution in [2.45, 2.75) is 13.8 Å². The zero-order chi connectivity index (χ0) is 15.6. The summed E-state index contributed by atoms with van der Waals surface area (Å²) in [5.74, 6) is -1.39. The monoisotopic (exact) mass is 284 g/mol. The fraction of sp³-hybridized carbons (Fsp3) is 0.125. The number of rotatable bonds is 3. The summed E-state index contributed by atoms with van der Waals surface area (Å²) < 4.78 is 0. The third-order valence-electron chi connectivity index (χ3n) is 3.27. The Morgan fingerprint density at radius 3 is 2.48 bits per heavy atom. The summed E-state index contributed by atoms with van der Waals surface area (Å²) in [6.45, 7) is 3.52. The van der Waals surface area contributed by atoms with Crippen LogP contribution in [0.3, 0.4) is 0 Å². The van der Waals surface area contributed by atoms with Crippen LogP contribution in [0.25, 0.3) is 0 Å². The van der Waals surface area contributed by atoms with Gasteiger partial charge in [-0.2, -0.15) is 0 Å². The Kier molecular flexibility index (Phi) is 3.93. The van der Waals surface area contributed by atoms with Crippen LogP contribution < -0.4 is 11.1 Å². The fourth-order valence-corrected chi connectivity index (χ4v) is 2.06. The molecule has 0 aromatic heterocycles. The number of aromatic carboxylic acids is 1. The molecule has 0 saturated heterocycles. The lowest BCUT2D eigenvalue weighted by molar-refractivity contribution is 0.0695. The topological polar surface area (TPSA) is 92.4 Å². The average molecular weight is 284 g/mol. The lowest BCUT2D eigenvalue weighted by Crippen LogP contribution is -2.16. The number of carbonyl (C=O) groups excluding carboxylic acids is 1. The first-order valence-corrected chi connectivity index (χ1v) is 6.40. The molecule has 0 spiro atoms. The normalized spacial score (nSPS) is 10.2. The van der Waals surface area contributed by atoms with E-state index in [1.165, 1.54) is 6.07 Å². The number of amides is 1. The maximum atomic E-state index is 12.3. The van der Waals surface area contributed by atoms with Gasteiger partial charge in [-0.05, 0) is 43.7 Å². The van der Waals surface area contributed by atoms with Crippen molar-refractivity contribution in [3.8, 4) is 0 Å². The summed E-state index contributed by atoms with van der Waals surface area (Å²) in [6.07, 6.45) is 0. The molecule has 5 nitrogen and oxygen atoms in total. The molecule has 2 rings (SSSR count). The maximum absolute atomic E-state index is 12.3. The smallest absolute Gasteiger partial charge is 0.336 e. The molecule has 4 N–H and O–H groups in total. The van der Waals surface area contributed by atoms with Crippen LogP contribution in [0, 0.1) is 13.8 Å². The lowest BCUT2D eigenvalue weighted by atomic mass is 10.1.